The van der Waals surface area contributed by atoms with Crippen molar-refractivity contribution in [3.8, 4) is 0 Å². The fourth-order valence-electron chi connectivity index (χ4n) is 5.68. The Kier molecular flexibility index (Phi) is 8.93. The summed E-state index contributed by atoms with van der Waals surface area (Å²) in [7, 11) is -7.06. The summed E-state index contributed by atoms with van der Waals surface area (Å²) in [6.07, 6.45) is -0.310. The molecule has 5 aromatic carbocycles. The van der Waals surface area contributed by atoms with E-state index in [4.69, 9.17) is 4.43 Å². The molecule has 0 saturated heterocycles. The molecule has 0 N–H and O–H groups in total. The van der Waals surface area contributed by atoms with Crippen molar-refractivity contribution in [2.45, 2.75) is 43.4 Å². The molecule has 5 rings (SSSR count). The van der Waals surface area contributed by atoms with Gasteiger partial charge in [0.1, 0.15) is 0 Å². The lowest BCUT2D eigenvalue weighted by molar-refractivity contribution is 0.175. The average molecular weight is 591 g/mol. The van der Waals surface area contributed by atoms with Gasteiger partial charge in [0, 0.05) is 0 Å². The fraction of sp³-hybridized carbons (Fsp3) is 0.189. The molecular formula is C37H38O3SSi. The Morgan fingerprint density at radius 3 is 1.31 bits per heavy atom. The maximum atomic E-state index is 14.7. The minimum Gasteiger partial charge on any atom is -0.396 e. The van der Waals surface area contributed by atoms with Crippen molar-refractivity contribution in [2.24, 2.45) is 5.41 Å². The molecule has 0 amide bonds. The molecule has 5 aromatic rings. The van der Waals surface area contributed by atoms with Gasteiger partial charge in [0.15, 0.2) is 9.84 Å². The van der Waals surface area contributed by atoms with Crippen molar-refractivity contribution in [1.82, 2.24) is 0 Å². The first kappa shape index (κ1) is 29.7. The number of rotatable bonds is 10. The van der Waals surface area contributed by atoms with Crippen LogP contribution in [0.25, 0.3) is 0 Å². The quantitative estimate of drug-likeness (QED) is 0.134. The Morgan fingerprint density at radius 1 is 0.571 bits per heavy atom. The minimum absolute atomic E-state index is 0.278. The summed E-state index contributed by atoms with van der Waals surface area (Å²) in [4.78, 5) is 0.315. The van der Waals surface area contributed by atoms with Gasteiger partial charge < -0.3 is 4.43 Å². The zero-order valence-electron chi connectivity index (χ0n) is 24.4. The van der Waals surface area contributed by atoms with E-state index >= 15 is 0 Å². The van der Waals surface area contributed by atoms with E-state index in [1.165, 1.54) is 0 Å². The summed E-state index contributed by atoms with van der Waals surface area (Å²) in [6.45, 7) is 6.29. The smallest absolute Gasteiger partial charge is 0.288 e. The molecule has 0 heterocycles. The first-order valence-electron chi connectivity index (χ1n) is 14.4. The lowest BCUT2D eigenvalue weighted by Crippen LogP contribution is -2.70. The average Bonchev–Trinajstić information content (AvgIpc) is 3.02. The molecule has 0 unspecified atom stereocenters. The third-order valence-electron chi connectivity index (χ3n) is 7.59. The van der Waals surface area contributed by atoms with Crippen molar-refractivity contribution in [2.75, 3.05) is 0 Å². The molecule has 0 fully saturated rings. The molecule has 3 nitrogen and oxygen atoms in total. The second-order valence-electron chi connectivity index (χ2n) is 11.9. The summed E-state index contributed by atoms with van der Waals surface area (Å²) in [5.74, 6) is 0. The van der Waals surface area contributed by atoms with Gasteiger partial charge in [0.05, 0.1) is 16.2 Å². The van der Waals surface area contributed by atoms with Gasteiger partial charge in [-0.05, 0) is 45.1 Å². The highest BCUT2D eigenvalue weighted by Gasteiger charge is 2.48. The summed E-state index contributed by atoms with van der Waals surface area (Å²) >= 11 is 0. The van der Waals surface area contributed by atoms with Crippen molar-refractivity contribution >= 4 is 33.7 Å². The molecule has 0 aromatic heterocycles. The van der Waals surface area contributed by atoms with Gasteiger partial charge >= 0.3 is 0 Å². The number of benzene rings is 5. The van der Waals surface area contributed by atoms with Gasteiger partial charge in [-0.1, -0.05) is 160 Å². The predicted octanol–water partition coefficient (Wildman–Crippen LogP) is 6.69. The molecular weight excluding hydrogens is 553 g/mol. The molecule has 0 radical (unpaired) electrons. The minimum atomic E-state index is -3.80. The Balaban J connectivity index is 1.82. The van der Waals surface area contributed by atoms with Crippen LogP contribution >= 0.6 is 0 Å². The van der Waals surface area contributed by atoms with Crippen LogP contribution in [0.2, 0.25) is 0 Å². The van der Waals surface area contributed by atoms with Crippen molar-refractivity contribution in [1.29, 1.82) is 0 Å². The van der Waals surface area contributed by atoms with Crippen LogP contribution in [0.1, 0.15) is 38.9 Å². The van der Waals surface area contributed by atoms with E-state index in [1.54, 1.807) is 24.3 Å². The van der Waals surface area contributed by atoms with Crippen LogP contribution in [0.5, 0.6) is 0 Å². The van der Waals surface area contributed by atoms with Gasteiger partial charge in [-0.15, -0.1) is 0 Å². The fourth-order valence-corrected chi connectivity index (χ4v) is 12.0. The van der Waals surface area contributed by atoms with Crippen LogP contribution in [0.4, 0.5) is 0 Å². The molecule has 2 atom stereocenters. The maximum absolute atomic E-state index is 14.7. The highest BCUT2D eigenvalue weighted by atomic mass is 32.2. The van der Waals surface area contributed by atoms with Crippen LogP contribution in [-0.4, -0.2) is 22.0 Å². The summed E-state index contributed by atoms with van der Waals surface area (Å²) in [5, 5.41) is 2.37. The molecule has 0 aliphatic heterocycles. The van der Waals surface area contributed by atoms with Gasteiger partial charge in [-0.2, -0.15) is 0 Å². The second kappa shape index (κ2) is 12.6. The zero-order valence-corrected chi connectivity index (χ0v) is 26.2. The molecule has 42 heavy (non-hydrogen) atoms. The van der Waals surface area contributed by atoms with E-state index in [-0.39, 0.29) is 5.41 Å². The maximum Gasteiger partial charge on any atom is 0.288 e. The van der Waals surface area contributed by atoms with E-state index < -0.39 is 29.5 Å². The molecule has 0 saturated carbocycles. The highest BCUT2D eigenvalue weighted by Crippen LogP contribution is 2.39. The van der Waals surface area contributed by atoms with Crippen LogP contribution in [0.15, 0.2) is 157 Å². The topological polar surface area (TPSA) is 43.4 Å². The predicted molar refractivity (Wildman–Crippen MR) is 176 cm³/mol. The zero-order chi connectivity index (χ0) is 29.6. The molecule has 0 aliphatic rings. The van der Waals surface area contributed by atoms with Crippen LogP contribution < -0.4 is 15.6 Å². The first-order chi connectivity index (χ1) is 20.2. The third-order valence-corrected chi connectivity index (χ3v) is 13.8. The molecule has 214 valence electrons. The number of hydrogen-bond acceptors (Lipinski definition) is 3. The number of sulfone groups is 1. The lowest BCUT2D eigenvalue weighted by atomic mass is 9.87. The van der Waals surface area contributed by atoms with Crippen molar-refractivity contribution in [3.05, 3.63) is 157 Å². The van der Waals surface area contributed by atoms with Crippen molar-refractivity contribution < 1.29 is 12.8 Å². The van der Waals surface area contributed by atoms with Crippen LogP contribution in [0, 0.1) is 5.41 Å². The van der Waals surface area contributed by atoms with E-state index in [9.17, 15) is 8.42 Å². The standard InChI is InChI=1S/C37H38O3SSi/c1-37(2,3)29-35(41(38,39)31-21-11-5-12-22-31)36(30-19-9-4-10-20-30)40-42(32-23-13-6-14-24-32,33-25-15-7-16-26-33)34-27-17-8-18-28-34/h4-28,35-36H,29H2,1-3H3/t35-,36+/m1/s1. The third kappa shape index (κ3) is 6.34. The Bertz CT molecular complexity index is 1560. The molecule has 0 bridgehead atoms. The second-order valence-corrected chi connectivity index (χ2v) is 17.4. The Hall–Kier alpha value is -3.77. The first-order valence-corrected chi connectivity index (χ1v) is 17.9. The highest BCUT2D eigenvalue weighted by molar-refractivity contribution is 7.92. The van der Waals surface area contributed by atoms with Crippen LogP contribution in [0.3, 0.4) is 0 Å². The van der Waals surface area contributed by atoms with Crippen molar-refractivity contribution in [3.63, 3.8) is 0 Å². The summed E-state index contributed by atoms with van der Waals surface area (Å²) in [6, 6.07) is 49.7. The molecule has 5 heteroatoms. The van der Waals surface area contributed by atoms with Gasteiger partial charge in [0.25, 0.3) is 8.32 Å². The summed E-state index contributed by atoms with van der Waals surface area (Å²) in [5.41, 5.74) is 0.574. The SMILES string of the molecule is CC(C)(C)C[C@H]([C@@H](O[Si](c1ccccc1)(c1ccccc1)c1ccccc1)c1ccccc1)S(=O)(=O)c1ccccc1. The van der Waals surface area contributed by atoms with E-state index in [0.717, 1.165) is 21.1 Å². The van der Waals surface area contributed by atoms with E-state index in [2.05, 4.69) is 57.2 Å². The van der Waals surface area contributed by atoms with Crippen LogP contribution in [-0.2, 0) is 14.3 Å². The molecule has 0 spiro atoms. The Morgan fingerprint density at radius 2 is 0.929 bits per heavy atom. The number of hydrogen-bond donors (Lipinski definition) is 0. The lowest BCUT2D eigenvalue weighted by Gasteiger charge is -2.40. The van der Waals surface area contributed by atoms with E-state index in [0.29, 0.717) is 11.3 Å². The Labute approximate surface area is 251 Å². The van der Waals surface area contributed by atoms with Gasteiger partial charge in [-0.3, -0.25) is 0 Å². The largest absolute Gasteiger partial charge is 0.396 e. The molecule has 0 aliphatic carbocycles. The van der Waals surface area contributed by atoms with Gasteiger partial charge in [0.2, 0.25) is 0 Å². The normalized spacial score (nSPS) is 13.8. The van der Waals surface area contributed by atoms with Gasteiger partial charge in [-0.25, -0.2) is 8.42 Å². The van der Waals surface area contributed by atoms with E-state index in [1.807, 2.05) is 91.0 Å². The summed E-state index contributed by atoms with van der Waals surface area (Å²) < 4.78 is 37.0. The monoisotopic (exact) mass is 590 g/mol.